The van der Waals surface area contributed by atoms with Crippen LogP contribution in [-0.2, 0) is 4.74 Å². The van der Waals surface area contributed by atoms with Gasteiger partial charge in [0.05, 0.1) is 0 Å². The van der Waals surface area contributed by atoms with Crippen LogP contribution in [0.15, 0.2) is 0 Å². The van der Waals surface area contributed by atoms with Crippen LogP contribution in [0.25, 0.3) is 0 Å². The van der Waals surface area contributed by atoms with E-state index >= 15 is 0 Å². The van der Waals surface area contributed by atoms with Crippen molar-refractivity contribution >= 4 is 6.09 Å². The van der Waals surface area contributed by atoms with E-state index in [4.69, 9.17) is 9.84 Å². The molecule has 2 atom stereocenters. The number of amides is 1. The van der Waals surface area contributed by atoms with E-state index in [1.807, 2.05) is 32.6 Å². The van der Waals surface area contributed by atoms with Crippen molar-refractivity contribution in [2.75, 3.05) is 13.2 Å². The quantitative estimate of drug-likeness (QED) is 0.828. The summed E-state index contributed by atoms with van der Waals surface area (Å²) in [7, 11) is 0. The van der Waals surface area contributed by atoms with Gasteiger partial charge in [0.2, 0.25) is 0 Å². The zero-order valence-corrected chi connectivity index (χ0v) is 11.4. The second-order valence-corrected chi connectivity index (χ2v) is 5.99. The van der Waals surface area contributed by atoms with E-state index < -0.39 is 5.60 Å². The van der Waals surface area contributed by atoms with Crippen LogP contribution in [0.5, 0.6) is 0 Å². The Morgan fingerprint density at radius 3 is 2.71 bits per heavy atom. The van der Waals surface area contributed by atoms with E-state index in [0.29, 0.717) is 0 Å². The molecule has 100 valence electrons. The molecule has 1 aliphatic rings. The molecule has 0 spiro atoms. The summed E-state index contributed by atoms with van der Waals surface area (Å²) in [5, 5.41) is 9.07. The molecular formula is C13H25NO3. The second kappa shape index (κ2) is 5.71. The van der Waals surface area contributed by atoms with Gasteiger partial charge in [0.1, 0.15) is 5.60 Å². The Kier molecular flexibility index (Phi) is 4.80. The van der Waals surface area contributed by atoms with Gasteiger partial charge in [-0.3, -0.25) is 0 Å². The topological polar surface area (TPSA) is 49.8 Å². The Bertz CT molecular complexity index is 260. The third-order valence-electron chi connectivity index (χ3n) is 2.99. The first-order valence-corrected chi connectivity index (χ1v) is 6.44. The van der Waals surface area contributed by atoms with Crippen LogP contribution < -0.4 is 0 Å². The summed E-state index contributed by atoms with van der Waals surface area (Å²) in [6.45, 7) is 8.60. The van der Waals surface area contributed by atoms with E-state index in [-0.39, 0.29) is 24.7 Å². The van der Waals surface area contributed by atoms with Gasteiger partial charge in [-0.15, -0.1) is 0 Å². The van der Waals surface area contributed by atoms with Gasteiger partial charge in [0.25, 0.3) is 0 Å². The maximum absolute atomic E-state index is 12.0. The molecule has 0 aromatic rings. The molecule has 4 heteroatoms. The number of likely N-dealkylation sites (tertiary alicyclic amines) is 1. The summed E-state index contributed by atoms with van der Waals surface area (Å²) in [4.78, 5) is 13.8. The van der Waals surface area contributed by atoms with Crippen LogP contribution in [0.4, 0.5) is 4.79 Å². The molecule has 1 fully saturated rings. The zero-order valence-electron chi connectivity index (χ0n) is 11.4. The highest BCUT2D eigenvalue weighted by Crippen LogP contribution is 2.25. The average Bonchev–Trinajstić information content (AvgIpc) is 2.63. The molecule has 0 bridgehead atoms. The van der Waals surface area contributed by atoms with Crippen LogP contribution in [0.3, 0.4) is 0 Å². The molecule has 1 N–H and O–H groups in total. The number of carbonyl (C=O) groups excluding carboxylic acids is 1. The van der Waals surface area contributed by atoms with Crippen molar-refractivity contribution < 1.29 is 14.6 Å². The number of aliphatic hydroxyl groups is 1. The van der Waals surface area contributed by atoms with Gasteiger partial charge >= 0.3 is 6.09 Å². The van der Waals surface area contributed by atoms with Crippen molar-refractivity contribution in [3.05, 3.63) is 0 Å². The van der Waals surface area contributed by atoms with E-state index in [2.05, 4.69) is 0 Å². The van der Waals surface area contributed by atoms with Crippen molar-refractivity contribution in [3.63, 3.8) is 0 Å². The standard InChI is InChI=1S/C13H25NO3/c1-10(9-15)8-11-6-5-7-14(11)12(16)17-13(2,3)4/h10-11,15H,5-9H2,1-4H3/t10-,11-/m1/s1. The third kappa shape index (κ3) is 4.54. The number of rotatable bonds is 3. The number of hydrogen-bond donors (Lipinski definition) is 1. The van der Waals surface area contributed by atoms with Gasteiger partial charge in [-0.25, -0.2) is 4.79 Å². The maximum atomic E-state index is 12.0. The molecular weight excluding hydrogens is 218 g/mol. The second-order valence-electron chi connectivity index (χ2n) is 5.99. The lowest BCUT2D eigenvalue weighted by Crippen LogP contribution is -2.40. The highest BCUT2D eigenvalue weighted by Gasteiger charge is 2.32. The van der Waals surface area contributed by atoms with Crippen molar-refractivity contribution in [2.45, 2.75) is 58.6 Å². The Morgan fingerprint density at radius 2 is 2.18 bits per heavy atom. The third-order valence-corrected chi connectivity index (χ3v) is 2.99. The van der Waals surface area contributed by atoms with Gasteiger partial charge in [-0.1, -0.05) is 6.92 Å². The number of aliphatic hydroxyl groups excluding tert-OH is 1. The number of ether oxygens (including phenoxy) is 1. The summed E-state index contributed by atoms with van der Waals surface area (Å²) in [5.41, 5.74) is -0.438. The monoisotopic (exact) mass is 243 g/mol. The molecule has 4 nitrogen and oxygen atoms in total. The first-order valence-electron chi connectivity index (χ1n) is 6.44. The maximum Gasteiger partial charge on any atom is 0.410 e. The molecule has 0 aromatic heterocycles. The molecule has 17 heavy (non-hydrogen) atoms. The fourth-order valence-electron chi connectivity index (χ4n) is 2.18. The van der Waals surface area contributed by atoms with Crippen LogP contribution in [-0.4, -0.2) is 40.9 Å². The van der Waals surface area contributed by atoms with Crippen LogP contribution in [0.2, 0.25) is 0 Å². The van der Waals surface area contributed by atoms with Crippen molar-refractivity contribution in [1.82, 2.24) is 4.90 Å². The largest absolute Gasteiger partial charge is 0.444 e. The lowest BCUT2D eigenvalue weighted by atomic mass is 10.0. The smallest absolute Gasteiger partial charge is 0.410 e. The predicted molar refractivity (Wildman–Crippen MR) is 66.8 cm³/mol. The van der Waals surface area contributed by atoms with E-state index in [9.17, 15) is 4.79 Å². The summed E-state index contributed by atoms with van der Waals surface area (Å²) >= 11 is 0. The van der Waals surface area contributed by atoms with Crippen LogP contribution in [0.1, 0.15) is 47.0 Å². The fourth-order valence-corrected chi connectivity index (χ4v) is 2.18. The van der Waals surface area contributed by atoms with Gasteiger partial charge in [0.15, 0.2) is 0 Å². The van der Waals surface area contributed by atoms with E-state index in [0.717, 1.165) is 25.8 Å². The Balaban J connectivity index is 2.54. The molecule has 0 saturated carbocycles. The number of hydrogen-bond acceptors (Lipinski definition) is 3. The molecule has 1 rings (SSSR count). The first kappa shape index (κ1) is 14.3. The fraction of sp³-hybridized carbons (Fsp3) is 0.923. The summed E-state index contributed by atoms with van der Waals surface area (Å²) in [5.74, 6) is 0.239. The normalized spacial score (nSPS) is 22.6. The van der Waals surface area contributed by atoms with E-state index in [1.165, 1.54) is 0 Å². The molecule has 0 aliphatic carbocycles. The summed E-state index contributed by atoms with van der Waals surface area (Å²) in [6.07, 6.45) is 2.69. The van der Waals surface area contributed by atoms with Gasteiger partial charge in [-0.2, -0.15) is 0 Å². The van der Waals surface area contributed by atoms with Crippen LogP contribution >= 0.6 is 0 Å². The molecule has 1 aliphatic heterocycles. The SMILES string of the molecule is C[C@@H](CO)C[C@H]1CCCN1C(=O)OC(C)(C)C. The Hall–Kier alpha value is -0.770. The lowest BCUT2D eigenvalue weighted by molar-refractivity contribution is 0.0202. The molecule has 1 amide bonds. The van der Waals surface area contributed by atoms with Crippen molar-refractivity contribution in [1.29, 1.82) is 0 Å². The minimum Gasteiger partial charge on any atom is -0.444 e. The molecule has 0 radical (unpaired) electrons. The number of carbonyl (C=O) groups is 1. The minimum absolute atomic E-state index is 0.179. The lowest BCUT2D eigenvalue weighted by Gasteiger charge is -2.29. The van der Waals surface area contributed by atoms with Gasteiger partial charge in [0, 0.05) is 19.2 Å². The molecule has 0 aromatic carbocycles. The summed E-state index contributed by atoms with van der Waals surface area (Å²) < 4.78 is 5.39. The number of nitrogens with zero attached hydrogens (tertiary/aromatic N) is 1. The summed E-state index contributed by atoms with van der Waals surface area (Å²) in [6, 6.07) is 0.229. The van der Waals surface area contributed by atoms with Crippen molar-refractivity contribution in [2.24, 2.45) is 5.92 Å². The highest BCUT2D eigenvalue weighted by molar-refractivity contribution is 5.68. The Labute approximate surface area is 104 Å². The van der Waals surface area contributed by atoms with Gasteiger partial charge in [-0.05, 0) is 46.0 Å². The highest BCUT2D eigenvalue weighted by atomic mass is 16.6. The molecule has 1 heterocycles. The average molecular weight is 243 g/mol. The van der Waals surface area contributed by atoms with Crippen LogP contribution in [0, 0.1) is 5.92 Å². The first-order chi connectivity index (χ1) is 7.83. The van der Waals surface area contributed by atoms with Gasteiger partial charge < -0.3 is 14.7 Å². The zero-order chi connectivity index (χ0) is 13.1. The Morgan fingerprint density at radius 1 is 1.53 bits per heavy atom. The molecule has 1 saturated heterocycles. The molecule has 0 unspecified atom stereocenters. The predicted octanol–water partition coefficient (Wildman–Crippen LogP) is 2.40. The minimum atomic E-state index is -0.438. The van der Waals surface area contributed by atoms with Crippen molar-refractivity contribution in [3.8, 4) is 0 Å². The van der Waals surface area contributed by atoms with E-state index in [1.54, 1.807) is 0 Å².